The van der Waals surface area contributed by atoms with E-state index in [-0.39, 0.29) is 5.70 Å². The van der Waals surface area contributed by atoms with Crippen molar-refractivity contribution in [1.82, 2.24) is 5.32 Å². The van der Waals surface area contributed by atoms with Crippen LogP contribution in [0.1, 0.15) is 6.92 Å². The third-order valence-electron chi connectivity index (χ3n) is 2.78. The monoisotopic (exact) mass is 231 g/mol. The second kappa shape index (κ2) is 3.20. The van der Waals surface area contributed by atoms with E-state index in [1.807, 2.05) is 0 Å². The van der Waals surface area contributed by atoms with E-state index in [9.17, 15) is 22.8 Å². The van der Waals surface area contributed by atoms with Crippen molar-refractivity contribution in [2.45, 2.75) is 13.1 Å². The van der Waals surface area contributed by atoms with Crippen molar-refractivity contribution >= 4 is 11.7 Å². The van der Waals surface area contributed by atoms with Crippen LogP contribution in [0.5, 0.6) is 0 Å². The lowest BCUT2D eigenvalue weighted by molar-refractivity contribution is -0.174. The number of rotatable bonds is 0. The molecule has 6 heteroatoms. The van der Waals surface area contributed by atoms with E-state index in [2.05, 4.69) is 5.32 Å². The van der Waals surface area contributed by atoms with Gasteiger partial charge in [-0.25, -0.2) is 0 Å². The van der Waals surface area contributed by atoms with Gasteiger partial charge in [0.2, 0.25) is 5.78 Å². The van der Waals surface area contributed by atoms with Gasteiger partial charge in [-0.15, -0.1) is 0 Å². The van der Waals surface area contributed by atoms with E-state index in [0.29, 0.717) is 5.57 Å². The molecule has 0 spiro atoms. The normalized spacial score (nSPS) is 29.5. The predicted molar refractivity (Wildman–Crippen MR) is 48.0 cm³/mol. The predicted octanol–water partition coefficient (Wildman–Crippen LogP) is 1.32. The molecule has 1 saturated heterocycles. The van der Waals surface area contributed by atoms with E-state index in [0.717, 1.165) is 6.08 Å². The standard InChI is InChI=1S/C10H8F3NO2/c1-4-2-3-5(10(11,12)13)6-7(4)14-9(16)8(6)15/h2-3,5-6H,1H3,(H,14,16). The SMILES string of the molecule is CC1=C2NC(=O)C(=O)C2C(C(F)(F)F)C=C1. The lowest BCUT2D eigenvalue weighted by atomic mass is 9.82. The molecule has 0 aromatic rings. The maximum atomic E-state index is 12.6. The Morgan fingerprint density at radius 1 is 1.31 bits per heavy atom. The molecular weight excluding hydrogens is 223 g/mol. The Morgan fingerprint density at radius 3 is 2.50 bits per heavy atom. The number of carbonyl (C=O) groups is 2. The molecule has 1 aliphatic heterocycles. The molecule has 2 aliphatic rings. The summed E-state index contributed by atoms with van der Waals surface area (Å²) in [7, 11) is 0. The second-order valence-electron chi connectivity index (χ2n) is 3.82. The number of allylic oxidation sites excluding steroid dienone is 4. The summed E-state index contributed by atoms with van der Waals surface area (Å²) in [4.78, 5) is 22.4. The Kier molecular flexibility index (Phi) is 2.18. The van der Waals surface area contributed by atoms with Crippen LogP contribution in [0.15, 0.2) is 23.4 Å². The van der Waals surface area contributed by atoms with Crippen LogP contribution in [0.3, 0.4) is 0 Å². The molecule has 2 unspecified atom stereocenters. The van der Waals surface area contributed by atoms with Gasteiger partial charge < -0.3 is 5.32 Å². The highest BCUT2D eigenvalue weighted by molar-refractivity contribution is 6.40. The highest BCUT2D eigenvalue weighted by Crippen LogP contribution is 2.42. The quantitative estimate of drug-likeness (QED) is 0.639. The van der Waals surface area contributed by atoms with Crippen molar-refractivity contribution in [3.8, 4) is 0 Å². The van der Waals surface area contributed by atoms with Crippen molar-refractivity contribution in [1.29, 1.82) is 0 Å². The molecule has 0 radical (unpaired) electrons. The zero-order chi connectivity index (χ0) is 12.1. The number of Topliss-reactive ketones (excluding diaryl/α,β-unsaturated/α-hetero) is 1. The van der Waals surface area contributed by atoms with Crippen LogP contribution < -0.4 is 5.32 Å². The largest absolute Gasteiger partial charge is 0.396 e. The highest BCUT2D eigenvalue weighted by atomic mass is 19.4. The molecule has 16 heavy (non-hydrogen) atoms. The van der Waals surface area contributed by atoms with Crippen LogP contribution >= 0.6 is 0 Å². The van der Waals surface area contributed by atoms with Gasteiger partial charge in [-0.05, 0) is 12.5 Å². The molecule has 1 amide bonds. The Hall–Kier alpha value is -1.59. The van der Waals surface area contributed by atoms with Crippen molar-refractivity contribution < 1.29 is 22.8 Å². The van der Waals surface area contributed by atoms with Gasteiger partial charge in [0.1, 0.15) is 0 Å². The van der Waals surface area contributed by atoms with E-state index in [1.165, 1.54) is 6.08 Å². The van der Waals surface area contributed by atoms with Crippen molar-refractivity contribution in [2.75, 3.05) is 0 Å². The van der Waals surface area contributed by atoms with Crippen LogP contribution in [0.4, 0.5) is 13.2 Å². The van der Waals surface area contributed by atoms with E-state index in [1.54, 1.807) is 6.92 Å². The second-order valence-corrected chi connectivity index (χ2v) is 3.82. The molecule has 1 heterocycles. The first-order valence-electron chi connectivity index (χ1n) is 4.63. The number of nitrogens with one attached hydrogen (secondary N) is 1. The lowest BCUT2D eigenvalue weighted by Crippen LogP contribution is -2.34. The minimum atomic E-state index is -4.52. The summed E-state index contributed by atoms with van der Waals surface area (Å²) in [6, 6.07) is 0. The van der Waals surface area contributed by atoms with Crippen molar-refractivity contribution in [3.05, 3.63) is 23.4 Å². The summed E-state index contributed by atoms with van der Waals surface area (Å²) in [6.45, 7) is 1.56. The maximum Gasteiger partial charge on any atom is 0.396 e. The van der Waals surface area contributed by atoms with Gasteiger partial charge in [-0.1, -0.05) is 12.2 Å². The number of hydrogen-bond acceptors (Lipinski definition) is 2. The van der Waals surface area contributed by atoms with Crippen LogP contribution in [-0.2, 0) is 9.59 Å². The fourth-order valence-corrected chi connectivity index (χ4v) is 1.97. The molecule has 2 atom stereocenters. The molecule has 1 aliphatic carbocycles. The number of carbonyl (C=O) groups excluding carboxylic acids is 2. The average molecular weight is 231 g/mol. The topological polar surface area (TPSA) is 46.2 Å². The Labute approximate surface area is 89.0 Å². The van der Waals surface area contributed by atoms with Crippen molar-refractivity contribution in [2.24, 2.45) is 11.8 Å². The molecular formula is C10H8F3NO2. The van der Waals surface area contributed by atoms with Gasteiger partial charge in [0, 0.05) is 5.70 Å². The summed E-state index contributed by atoms with van der Waals surface area (Å²) in [5.74, 6) is -5.30. The number of fused-ring (bicyclic) bond motifs is 1. The smallest absolute Gasteiger partial charge is 0.322 e. The van der Waals surface area contributed by atoms with Crippen LogP contribution in [-0.4, -0.2) is 17.9 Å². The summed E-state index contributed by atoms with van der Waals surface area (Å²) in [5, 5.41) is 2.20. The minimum Gasteiger partial charge on any atom is -0.322 e. The zero-order valence-corrected chi connectivity index (χ0v) is 8.26. The fourth-order valence-electron chi connectivity index (χ4n) is 1.97. The van der Waals surface area contributed by atoms with Gasteiger partial charge in [0.05, 0.1) is 11.8 Å². The highest BCUT2D eigenvalue weighted by Gasteiger charge is 2.53. The zero-order valence-electron chi connectivity index (χ0n) is 8.26. The Morgan fingerprint density at radius 2 is 1.94 bits per heavy atom. The molecule has 0 aromatic carbocycles. The Balaban J connectivity index is 2.47. The third kappa shape index (κ3) is 1.45. The molecule has 2 rings (SSSR count). The van der Waals surface area contributed by atoms with E-state index in [4.69, 9.17) is 0 Å². The number of amides is 1. The summed E-state index contributed by atoms with van der Waals surface area (Å²) in [6.07, 6.45) is -2.31. The summed E-state index contributed by atoms with van der Waals surface area (Å²) >= 11 is 0. The number of ketones is 1. The first kappa shape index (κ1) is 10.9. The summed E-state index contributed by atoms with van der Waals surface area (Å²) in [5.41, 5.74) is 0.574. The van der Waals surface area contributed by atoms with Gasteiger partial charge in [0.15, 0.2) is 0 Å². The third-order valence-corrected chi connectivity index (χ3v) is 2.78. The lowest BCUT2D eigenvalue weighted by Gasteiger charge is -2.25. The minimum absolute atomic E-state index is 0.0832. The van der Waals surface area contributed by atoms with Crippen LogP contribution in [0, 0.1) is 11.8 Å². The van der Waals surface area contributed by atoms with Gasteiger partial charge in [-0.2, -0.15) is 13.2 Å². The Bertz CT molecular complexity index is 434. The number of hydrogen-bond donors (Lipinski definition) is 1. The first-order chi connectivity index (χ1) is 7.32. The maximum absolute atomic E-state index is 12.6. The molecule has 0 bridgehead atoms. The molecule has 3 nitrogen and oxygen atoms in total. The van der Waals surface area contributed by atoms with Gasteiger partial charge >= 0.3 is 6.18 Å². The van der Waals surface area contributed by atoms with Gasteiger partial charge in [0.25, 0.3) is 5.91 Å². The fraction of sp³-hybridized carbons (Fsp3) is 0.400. The van der Waals surface area contributed by atoms with E-state index < -0.39 is 29.7 Å². The molecule has 0 aromatic heterocycles. The van der Waals surface area contributed by atoms with Crippen LogP contribution in [0.2, 0.25) is 0 Å². The molecule has 86 valence electrons. The van der Waals surface area contributed by atoms with E-state index >= 15 is 0 Å². The van der Waals surface area contributed by atoms with Crippen LogP contribution in [0.25, 0.3) is 0 Å². The molecule has 1 fully saturated rings. The number of alkyl halides is 3. The first-order valence-corrected chi connectivity index (χ1v) is 4.63. The number of halogens is 3. The van der Waals surface area contributed by atoms with Crippen molar-refractivity contribution in [3.63, 3.8) is 0 Å². The molecule has 1 N–H and O–H groups in total. The van der Waals surface area contributed by atoms with Gasteiger partial charge in [-0.3, -0.25) is 9.59 Å². The molecule has 0 saturated carbocycles. The summed E-state index contributed by atoms with van der Waals surface area (Å²) < 4.78 is 37.9. The average Bonchev–Trinajstić information content (AvgIpc) is 2.44.